The quantitative estimate of drug-likeness (QED) is 0.619. The molecule has 0 N–H and O–H groups in total. The van der Waals surface area contributed by atoms with E-state index in [1.165, 1.54) is 0 Å². The number of morpholine rings is 1. The number of hydrogen-bond donors (Lipinski definition) is 0. The number of carbonyl (C=O) groups is 2. The molecule has 3 rings (SSSR count). The zero-order valence-corrected chi connectivity index (χ0v) is 15.9. The van der Waals surface area contributed by atoms with Gasteiger partial charge in [-0.05, 0) is 55.5 Å². The zero-order chi connectivity index (χ0) is 18.7. The first-order valence-corrected chi connectivity index (χ1v) is 9.39. The largest absolute Gasteiger partial charge is 0.379 e. The van der Waals surface area contributed by atoms with E-state index in [1.807, 2.05) is 26.0 Å². The van der Waals surface area contributed by atoms with Gasteiger partial charge in [0.15, 0.2) is 0 Å². The van der Waals surface area contributed by atoms with Crippen molar-refractivity contribution in [1.29, 1.82) is 0 Å². The summed E-state index contributed by atoms with van der Waals surface area (Å²) in [6, 6.07) is 3.97. The number of nitrogens with zero attached hydrogens (tertiary/aromatic N) is 1. The minimum Gasteiger partial charge on any atom is -0.379 e. The fourth-order valence-electron chi connectivity index (χ4n) is 4.30. The lowest BCUT2D eigenvalue weighted by Crippen LogP contribution is -2.42. The lowest BCUT2D eigenvalue weighted by molar-refractivity contribution is -0.134. The molecule has 1 aromatic carbocycles. The molecule has 1 saturated heterocycles. The average molecular weight is 353 g/mol. The van der Waals surface area contributed by atoms with Crippen LogP contribution in [0.5, 0.6) is 0 Å². The molecule has 138 valence electrons. The van der Waals surface area contributed by atoms with Crippen LogP contribution in [-0.4, -0.2) is 49.3 Å². The first kappa shape index (κ1) is 18.8. The van der Waals surface area contributed by atoms with Crippen LogP contribution >= 0.6 is 0 Å². The van der Waals surface area contributed by atoms with E-state index < -0.39 is 5.92 Å². The molecular formula is C22H27NO3. The fourth-order valence-corrected chi connectivity index (χ4v) is 4.30. The number of carbonyl (C=O) groups excluding carboxylic acids is 2. The van der Waals surface area contributed by atoms with E-state index >= 15 is 0 Å². The van der Waals surface area contributed by atoms with Crippen molar-refractivity contribution >= 4 is 11.6 Å². The highest BCUT2D eigenvalue weighted by Gasteiger charge is 2.38. The lowest BCUT2D eigenvalue weighted by atomic mass is 9.74. The summed E-state index contributed by atoms with van der Waals surface area (Å²) in [5, 5.41) is 0. The minimum absolute atomic E-state index is 0.0695. The van der Waals surface area contributed by atoms with E-state index in [2.05, 4.69) is 16.7 Å². The molecule has 0 atom stereocenters. The van der Waals surface area contributed by atoms with Crippen LogP contribution in [0.1, 0.15) is 47.9 Å². The van der Waals surface area contributed by atoms with Crippen LogP contribution in [0.2, 0.25) is 0 Å². The fraction of sp³-hybridized carbons (Fsp3) is 0.545. The number of benzene rings is 1. The van der Waals surface area contributed by atoms with Gasteiger partial charge in [0, 0.05) is 38.0 Å². The second kappa shape index (κ2) is 8.16. The van der Waals surface area contributed by atoms with Crippen LogP contribution in [0, 0.1) is 31.6 Å². The predicted molar refractivity (Wildman–Crippen MR) is 101 cm³/mol. The van der Waals surface area contributed by atoms with Crippen molar-refractivity contribution in [3.63, 3.8) is 0 Å². The Kier molecular flexibility index (Phi) is 5.90. The van der Waals surface area contributed by atoms with Crippen molar-refractivity contribution in [2.75, 3.05) is 32.8 Å². The second-order valence-electron chi connectivity index (χ2n) is 7.45. The van der Waals surface area contributed by atoms with Gasteiger partial charge in [-0.15, -0.1) is 5.92 Å². The van der Waals surface area contributed by atoms with Gasteiger partial charge >= 0.3 is 0 Å². The maximum absolute atomic E-state index is 12.9. The molecule has 4 heteroatoms. The van der Waals surface area contributed by atoms with E-state index in [0.717, 1.165) is 55.1 Å². The predicted octanol–water partition coefficient (Wildman–Crippen LogP) is 2.64. The Hall–Kier alpha value is -1.96. The maximum atomic E-state index is 12.9. The third-order valence-electron chi connectivity index (χ3n) is 5.40. The Morgan fingerprint density at radius 2 is 1.65 bits per heavy atom. The van der Waals surface area contributed by atoms with E-state index in [1.54, 1.807) is 6.92 Å². The topological polar surface area (TPSA) is 46.6 Å². The molecule has 0 aromatic heterocycles. The molecule has 1 aromatic rings. The molecule has 2 fully saturated rings. The Balaban J connectivity index is 1.77. The molecule has 0 radical (unpaired) electrons. The third-order valence-corrected chi connectivity index (χ3v) is 5.40. The maximum Gasteiger partial charge on any atom is 0.148 e. The Bertz CT molecular complexity index is 724. The molecule has 0 bridgehead atoms. The SMILES string of the molecule is CC#Cc1cc(C)c(C2C(=O)CC(CN3CCOCC3)CC2=O)c(C)c1. The van der Waals surface area contributed by atoms with Crippen LogP contribution in [0.4, 0.5) is 0 Å². The molecule has 1 heterocycles. The van der Waals surface area contributed by atoms with Gasteiger partial charge in [-0.1, -0.05) is 5.92 Å². The molecule has 2 aliphatic rings. The van der Waals surface area contributed by atoms with E-state index in [0.29, 0.717) is 12.8 Å². The number of aryl methyl sites for hydroxylation is 2. The van der Waals surface area contributed by atoms with E-state index in [-0.39, 0.29) is 17.5 Å². The first-order valence-electron chi connectivity index (χ1n) is 9.39. The number of rotatable bonds is 3. The number of Topliss-reactive ketones (excluding diaryl/α,β-unsaturated/α-hetero) is 2. The van der Waals surface area contributed by atoms with Crippen LogP contribution in [0.15, 0.2) is 12.1 Å². The van der Waals surface area contributed by atoms with Gasteiger partial charge in [0.25, 0.3) is 0 Å². The van der Waals surface area contributed by atoms with Crippen molar-refractivity contribution in [3.8, 4) is 11.8 Å². The van der Waals surface area contributed by atoms with Crippen molar-refractivity contribution < 1.29 is 14.3 Å². The highest BCUT2D eigenvalue weighted by atomic mass is 16.5. The van der Waals surface area contributed by atoms with E-state index in [9.17, 15) is 9.59 Å². The average Bonchev–Trinajstić information content (AvgIpc) is 2.58. The van der Waals surface area contributed by atoms with Gasteiger partial charge in [-0.3, -0.25) is 14.5 Å². The summed E-state index contributed by atoms with van der Waals surface area (Å²) in [6.07, 6.45) is 0.978. The van der Waals surface area contributed by atoms with Crippen LogP contribution < -0.4 is 0 Å². The Morgan fingerprint density at radius 3 is 2.19 bits per heavy atom. The van der Waals surface area contributed by atoms with Crippen molar-refractivity contribution in [2.24, 2.45) is 5.92 Å². The molecule has 0 spiro atoms. The van der Waals surface area contributed by atoms with Crippen LogP contribution in [0.3, 0.4) is 0 Å². The van der Waals surface area contributed by atoms with Gasteiger partial charge in [0.2, 0.25) is 0 Å². The van der Waals surface area contributed by atoms with Crippen molar-refractivity contribution in [2.45, 2.75) is 39.5 Å². The summed E-state index contributed by atoms with van der Waals surface area (Å²) in [5.41, 5.74) is 3.81. The lowest BCUT2D eigenvalue weighted by Gasteiger charge is -2.33. The number of ketones is 2. The van der Waals surface area contributed by atoms with Crippen molar-refractivity contribution in [1.82, 2.24) is 4.90 Å². The van der Waals surface area contributed by atoms with Crippen LogP contribution in [-0.2, 0) is 14.3 Å². The highest BCUT2D eigenvalue weighted by Crippen LogP contribution is 2.35. The first-order chi connectivity index (χ1) is 12.5. The summed E-state index contributed by atoms with van der Waals surface area (Å²) >= 11 is 0. The summed E-state index contributed by atoms with van der Waals surface area (Å²) in [6.45, 7) is 9.83. The summed E-state index contributed by atoms with van der Waals surface area (Å²) < 4.78 is 5.37. The number of ether oxygens (including phenoxy) is 1. The second-order valence-corrected chi connectivity index (χ2v) is 7.45. The molecule has 26 heavy (non-hydrogen) atoms. The smallest absolute Gasteiger partial charge is 0.148 e. The number of hydrogen-bond acceptors (Lipinski definition) is 4. The molecule has 1 aliphatic heterocycles. The molecular weight excluding hydrogens is 326 g/mol. The molecule has 0 amide bonds. The monoisotopic (exact) mass is 353 g/mol. The van der Waals surface area contributed by atoms with Crippen molar-refractivity contribution in [3.05, 3.63) is 34.4 Å². The normalized spacial score (nSPS) is 24.3. The Labute approximate surface area is 155 Å². The standard InChI is InChI=1S/C22H27NO3/c1-4-5-17-10-15(2)21(16(3)11-17)22-19(24)12-18(13-20(22)25)14-23-6-8-26-9-7-23/h10-11,18,22H,6-9,12-14H2,1-3H3. The Morgan fingerprint density at radius 1 is 1.08 bits per heavy atom. The summed E-state index contributed by atoms with van der Waals surface area (Å²) in [4.78, 5) is 28.1. The summed E-state index contributed by atoms with van der Waals surface area (Å²) in [5.74, 6) is 5.64. The van der Waals surface area contributed by atoms with Crippen LogP contribution in [0.25, 0.3) is 0 Å². The molecule has 4 nitrogen and oxygen atoms in total. The van der Waals surface area contributed by atoms with Gasteiger partial charge in [0.05, 0.1) is 13.2 Å². The van der Waals surface area contributed by atoms with Gasteiger partial charge < -0.3 is 4.74 Å². The van der Waals surface area contributed by atoms with Gasteiger partial charge in [-0.2, -0.15) is 0 Å². The molecule has 1 saturated carbocycles. The van der Waals surface area contributed by atoms with Gasteiger partial charge in [0.1, 0.15) is 17.5 Å². The van der Waals surface area contributed by atoms with Gasteiger partial charge in [-0.25, -0.2) is 0 Å². The minimum atomic E-state index is -0.598. The highest BCUT2D eigenvalue weighted by molar-refractivity contribution is 6.10. The third kappa shape index (κ3) is 4.06. The molecule has 0 unspecified atom stereocenters. The molecule has 1 aliphatic carbocycles. The summed E-state index contributed by atoms with van der Waals surface area (Å²) in [7, 11) is 0. The zero-order valence-electron chi connectivity index (χ0n) is 15.9. The van der Waals surface area contributed by atoms with E-state index in [4.69, 9.17) is 4.74 Å².